The lowest BCUT2D eigenvalue weighted by Gasteiger charge is -2.26. The van der Waals surface area contributed by atoms with Gasteiger partial charge in [0.25, 0.3) is 0 Å². The molecule has 2 unspecified atom stereocenters. The smallest absolute Gasteiger partial charge is 0.184 e. The van der Waals surface area contributed by atoms with E-state index in [0.29, 0.717) is 5.69 Å². The second-order valence-corrected chi connectivity index (χ2v) is 8.06. The Morgan fingerprint density at radius 3 is 2.52 bits per heavy atom. The van der Waals surface area contributed by atoms with Crippen LogP contribution in [0.15, 0.2) is 36.4 Å². The molecule has 2 aromatic rings. The van der Waals surface area contributed by atoms with Crippen LogP contribution in [0.3, 0.4) is 0 Å². The Morgan fingerprint density at radius 2 is 1.76 bits per heavy atom. The minimum absolute atomic E-state index is 0.00821. The lowest BCUT2D eigenvalue weighted by atomic mass is 9.92. The molecule has 21 heavy (non-hydrogen) atoms. The fourth-order valence-corrected chi connectivity index (χ4v) is 5.78. The van der Waals surface area contributed by atoms with E-state index in [1.54, 1.807) is 0 Å². The van der Waals surface area contributed by atoms with Gasteiger partial charge in [-0.05, 0) is 37.8 Å². The molecule has 2 saturated heterocycles. The van der Waals surface area contributed by atoms with E-state index in [9.17, 15) is 9.00 Å². The van der Waals surface area contributed by atoms with E-state index in [1.165, 1.54) is 0 Å². The highest BCUT2D eigenvalue weighted by atomic mass is 32.2. The van der Waals surface area contributed by atoms with Gasteiger partial charge >= 0.3 is 0 Å². The lowest BCUT2D eigenvalue weighted by Crippen LogP contribution is -2.32. The monoisotopic (exact) mass is 299 g/mol. The molecular weight excluding hydrogens is 282 g/mol. The lowest BCUT2D eigenvalue weighted by molar-refractivity contribution is 0.0901. The van der Waals surface area contributed by atoms with Crippen molar-refractivity contribution in [3.05, 3.63) is 42.1 Å². The second kappa shape index (κ2) is 5.02. The first kappa shape index (κ1) is 13.1. The molecule has 2 fully saturated rings. The van der Waals surface area contributed by atoms with Gasteiger partial charge in [0, 0.05) is 32.6 Å². The standard InChI is InChI=1S/C17H17NO2S/c19-17(12-9-13-6-7-14(10-12)21(13)20)16-8-5-11-3-1-2-4-15(11)18-16/h1-5,8,12-14H,6-7,9-10H2. The Kier molecular flexibility index (Phi) is 3.14. The zero-order valence-corrected chi connectivity index (χ0v) is 12.5. The van der Waals surface area contributed by atoms with Gasteiger partial charge in [0.2, 0.25) is 0 Å². The molecule has 2 aliphatic heterocycles. The molecule has 0 N–H and O–H groups in total. The number of nitrogens with zero attached hydrogens (tertiary/aromatic N) is 1. The molecule has 2 atom stereocenters. The summed E-state index contributed by atoms with van der Waals surface area (Å²) in [4.78, 5) is 17.2. The first-order valence-electron chi connectivity index (χ1n) is 7.52. The Labute approximate surface area is 126 Å². The molecule has 0 amide bonds. The van der Waals surface area contributed by atoms with Gasteiger partial charge < -0.3 is 0 Å². The number of carbonyl (C=O) groups is 1. The van der Waals surface area contributed by atoms with Crippen LogP contribution in [0.25, 0.3) is 10.9 Å². The molecule has 1 aromatic heterocycles. The third kappa shape index (κ3) is 2.22. The van der Waals surface area contributed by atoms with Crippen molar-refractivity contribution >= 4 is 27.5 Å². The number of hydrogen-bond acceptors (Lipinski definition) is 3. The number of fused-ring (bicyclic) bond motifs is 3. The predicted molar refractivity (Wildman–Crippen MR) is 83.7 cm³/mol. The first-order chi connectivity index (χ1) is 10.2. The fraction of sp³-hybridized carbons (Fsp3) is 0.412. The van der Waals surface area contributed by atoms with Gasteiger partial charge in [0.15, 0.2) is 5.78 Å². The SMILES string of the molecule is O=C(c1ccc2ccccc2n1)C1CC2CCC(C1)S2=O. The third-order valence-corrected chi connectivity index (χ3v) is 6.95. The summed E-state index contributed by atoms with van der Waals surface area (Å²) in [6.45, 7) is 0. The first-order valence-corrected chi connectivity index (χ1v) is 8.79. The van der Waals surface area contributed by atoms with Gasteiger partial charge in [-0.3, -0.25) is 9.00 Å². The minimum Gasteiger partial charge on any atom is -0.292 e. The van der Waals surface area contributed by atoms with Crippen molar-refractivity contribution in [2.24, 2.45) is 5.92 Å². The van der Waals surface area contributed by atoms with Gasteiger partial charge in [-0.15, -0.1) is 0 Å². The van der Waals surface area contributed by atoms with E-state index in [0.717, 1.165) is 36.6 Å². The van der Waals surface area contributed by atoms with E-state index in [1.807, 2.05) is 36.4 Å². The molecule has 2 bridgehead atoms. The summed E-state index contributed by atoms with van der Waals surface area (Å²) in [5.74, 6) is 0.142. The largest absolute Gasteiger partial charge is 0.292 e. The molecule has 2 aliphatic rings. The van der Waals surface area contributed by atoms with Crippen molar-refractivity contribution in [2.75, 3.05) is 0 Å². The van der Waals surface area contributed by atoms with E-state index >= 15 is 0 Å². The Hall–Kier alpha value is -1.55. The Morgan fingerprint density at radius 1 is 1.05 bits per heavy atom. The van der Waals surface area contributed by atoms with E-state index in [4.69, 9.17) is 0 Å². The van der Waals surface area contributed by atoms with Gasteiger partial charge in [-0.25, -0.2) is 4.98 Å². The number of hydrogen-bond donors (Lipinski definition) is 0. The summed E-state index contributed by atoms with van der Waals surface area (Å²) < 4.78 is 12.1. The molecule has 3 heterocycles. The summed E-state index contributed by atoms with van der Waals surface area (Å²) in [7, 11) is -0.707. The summed E-state index contributed by atoms with van der Waals surface area (Å²) in [5, 5.41) is 1.52. The van der Waals surface area contributed by atoms with Crippen molar-refractivity contribution < 1.29 is 9.00 Å². The molecule has 1 aromatic carbocycles. The van der Waals surface area contributed by atoms with Crippen LogP contribution in [0, 0.1) is 5.92 Å². The van der Waals surface area contributed by atoms with E-state index in [2.05, 4.69) is 4.98 Å². The molecule has 0 spiro atoms. The highest BCUT2D eigenvalue weighted by Gasteiger charge is 2.43. The van der Waals surface area contributed by atoms with Crippen LogP contribution in [0.1, 0.15) is 36.2 Å². The zero-order chi connectivity index (χ0) is 14.4. The molecule has 108 valence electrons. The summed E-state index contributed by atoms with van der Waals surface area (Å²) >= 11 is 0. The van der Waals surface area contributed by atoms with Crippen LogP contribution in [-0.2, 0) is 10.8 Å². The van der Waals surface area contributed by atoms with Crippen molar-refractivity contribution in [3.8, 4) is 0 Å². The number of carbonyl (C=O) groups excluding carboxylic acids is 1. The average Bonchev–Trinajstić information content (AvgIpc) is 2.75. The van der Waals surface area contributed by atoms with Crippen LogP contribution in [0.2, 0.25) is 0 Å². The number of para-hydroxylation sites is 1. The van der Waals surface area contributed by atoms with E-state index in [-0.39, 0.29) is 22.2 Å². The van der Waals surface area contributed by atoms with Crippen LogP contribution in [0.4, 0.5) is 0 Å². The maximum Gasteiger partial charge on any atom is 0.184 e. The highest BCUT2D eigenvalue weighted by molar-refractivity contribution is 7.86. The number of aromatic nitrogens is 1. The fourth-order valence-electron chi connectivity index (χ4n) is 3.66. The van der Waals surface area contributed by atoms with Crippen molar-refractivity contribution in [3.63, 3.8) is 0 Å². The molecule has 0 radical (unpaired) electrons. The normalized spacial score (nSPS) is 31.4. The van der Waals surface area contributed by atoms with Crippen LogP contribution in [0.5, 0.6) is 0 Å². The predicted octanol–water partition coefficient (Wildman–Crippen LogP) is 3.11. The van der Waals surface area contributed by atoms with Crippen molar-refractivity contribution in [2.45, 2.75) is 36.2 Å². The van der Waals surface area contributed by atoms with Crippen molar-refractivity contribution in [1.82, 2.24) is 4.98 Å². The van der Waals surface area contributed by atoms with Gasteiger partial charge in [-0.2, -0.15) is 0 Å². The van der Waals surface area contributed by atoms with Crippen LogP contribution >= 0.6 is 0 Å². The Balaban J connectivity index is 1.63. The van der Waals surface area contributed by atoms with Gasteiger partial charge in [0.05, 0.1) is 5.52 Å². The third-order valence-electron chi connectivity index (χ3n) is 4.78. The minimum atomic E-state index is -0.707. The number of ketones is 1. The molecular formula is C17H17NO2S. The second-order valence-electron chi connectivity index (χ2n) is 6.07. The quantitative estimate of drug-likeness (QED) is 0.801. The van der Waals surface area contributed by atoms with Crippen LogP contribution < -0.4 is 0 Å². The summed E-state index contributed by atoms with van der Waals surface area (Å²) in [6.07, 6.45) is 3.59. The van der Waals surface area contributed by atoms with Crippen LogP contribution in [-0.4, -0.2) is 25.5 Å². The molecule has 4 heteroatoms. The molecule has 0 aliphatic carbocycles. The number of pyridine rings is 1. The molecule has 4 rings (SSSR count). The zero-order valence-electron chi connectivity index (χ0n) is 11.7. The van der Waals surface area contributed by atoms with Gasteiger partial charge in [-0.1, -0.05) is 24.3 Å². The average molecular weight is 299 g/mol. The highest BCUT2D eigenvalue weighted by Crippen LogP contribution is 2.39. The van der Waals surface area contributed by atoms with E-state index < -0.39 is 10.8 Å². The summed E-state index contributed by atoms with van der Waals surface area (Å²) in [5.41, 5.74) is 1.43. The topological polar surface area (TPSA) is 47.0 Å². The van der Waals surface area contributed by atoms with Gasteiger partial charge in [0.1, 0.15) is 5.69 Å². The molecule has 3 nitrogen and oxygen atoms in total. The number of Topliss-reactive ketones (excluding diaryl/α,β-unsaturated/α-hetero) is 1. The van der Waals surface area contributed by atoms with Crippen molar-refractivity contribution in [1.29, 1.82) is 0 Å². The summed E-state index contributed by atoms with van der Waals surface area (Å²) in [6, 6.07) is 11.6. The molecule has 0 saturated carbocycles. The number of rotatable bonds is 2. The maximum atomic E-state index is 12.7. The Bertz CT molecular complexity index is 726. The number of benzene rings is 1. The maximum absolute atomic E-state index is 12.7.